The molecule has 1 heteroatoms. The Kier molecular flexibility index (Phi) is 2.56. The maximum Gasteiger partial charge on any atom is 0.0431 e. The summed E-state index contributed by atoms with van der Waals surface area (Å²) in [6.45, 7) is 4.02. The van der Waals surface area contributed by atoms with Crippen molar-refractivity contribution in [2.24, 2.45) is 0 Å². The van der Waals surface area contributed by atoms with Crippen LogP contribution < -0.4 is 0 Å². The average Bonchev–Trinajstić information content (AvgIpc) is 1.85. The molecule has 0 N–H and O–H groups in total. The number of rotatable bonds is 2. The van der Waals surface area contributed by atoms with Crippen LogP contribution in [0.2, 0.25) is 0 Å². The van der Waals surface area contributed by atoms with E-state index in [0.717, 1.165) is 6.42 Å². The zero-order valence-electron chi connectivity index (χ0n) is 6.89. The summed E-state index contributed by atoms with van der Waals surface area (Å²) in [5.74, 6) is 0. The van der Waals surface area contributed by atoms with Gasteiger partial charge in [-0.15, -0.1) is 11.6 Å². The molecule has 11 heavy (non-hydrogen) atoms. The zero-order valence-corrected chi connectivity index (χ0v) is 7.65. The lowest BCUT2D eigenvalue weighted by molar-refractivity contribution is 0.693. The second-order valence-electron chi connectivity index (χ2n) is 3.28. The highest BCUT2D eigenvalue weighted by Crippen LogP contribution is 2.18. The van der Waals surface area contributed by atoms with Crippen LogP contribution in [0.5, 0.6) is 0 Å². The minimum Gasteiger partial charge on any atom is -0.120 e. The fraction of sp³-hybridized carbons (Fsp3) is 0.400. The standard InChI is InChI=1S/C10H12Cl/c1-10(2,11)8-9-6-4-3-5-7-9/h3-6H,8H2,1-2H3. The summed E-state index contributed by atoms with van der Waals surface area (Å²) in [5, 5.41) is 0. The highest BCUT2D eigenvalue weighted by Gasteiger charge is 2.13. The van der Waals surface area contributed by atoms with Gasteiger partial charge >= 0.3 is 0 Å². The first-order valence-electron chi connectivity index (χ1n) is 3.72. The van der Waals surface area contributed by atoms with Crippen LogP contribution in [0.25, 0.3) is 0 Å². The van der Waals surface area contributed by atoms with Gasteiger partial charge in [0.15, 0.2) is 0 Å². The van der Waals surface area contributed by atoms with E-state index < -0.39 is 0 Å². The minimum atomic E-state index is -0.155. The van der Waals surface area contributed by atoms with Crippen LogP contribution in [0.3, 0.4) is 0 Å². The van der Waals surface area contributed by atoms with Crippen LogP contribution >= 0.6 is 11.6 Å². The van der Waals surface area contributed by atoms with Gasteiger partial charge in [-0.05, 0) is 31.9 Å². The molecule has 0 unspecified atom stereocenters. The topological polar surface area (TPSA) is 0 Å². The minimum absolute atomic E-state index is 0.155. The van der Waals surface area contributed by atoms with E-state index in [1.165, 1.54) is 5.56 Å². The molecule has 0 aromatic heterocycles. The molecule has 0 atom stereocenters. The van der Waals surface area contributed by atoms with E-state index in [0.29, 0.717) is 0 Å². The van der Waals surface area contributed by atoms with Crippen molar-refractivity contribution in [3.8, 4) is 0 Å². The van der Waals surface area contributed by atoms with Crippen LogP contribution in [-0.2, 0) is 6.42 Å². The van der Waals surface area contributed by atoms with Crippen LogP contribution in [-0.4, -0.2) is 4.87 Å². The third-order valence-corrected chi connectivity index (χ3v) is 1.52. The predicted molar refractivity (Wildman–Crippen MR) is 48.9 cm³/mol. The van der Waals surface area contributed by atoms with Crippen LogP contribution in [0.15, 0.2) is 24.3 Å². The van der Waals surface area contributed by atoms with E-state index in [4.69, 9.17) is 11.6 Å². The maximum atomic E-state index is 6.05. The van der Waals surface area contributed by atoms with Gasteiger partial charge in [0.1, 0.15) is 0 Å². The van der Waals surface area contributed by atoms with Gasteiger partial charge in [0.05, 0.1) is 0 Å². The summed E-state index contributed by atoms with van der Waals surface area (Å²) in [6, 6.07) is 11.1. The maximum absolute atomic E-state index is 6.05. The third kappa shape index (κ3) is 3.43. The predicted octanol–water partition coefficient (Wildman–Crippen LogP) is 3.05. The molecule has 0 saturated carbocycles. The smallest absolute Gasteiger partial charge is 0.0431 e. The van der Waals surface area contributed by atoms with Gasteiger partial charge in [-0.25, -0.2) is 0 Å². The Labute approximate surface area is 73.2 Å². The fourth-order valence-corrected chi connectivity index (χ4v) is 1.14. The first-order valence-corrected chi connectivity index (χ1v) is 4.10. The second-order valence-corrected chi connectivity index (χ2v) is 4.31. The van der Waals surface area contributed by atoms with Gasteiger partial charge in [0.2, 0.25) is 0 Å². The molecule has 1 rings (SSSR count). The highest BCUT2D eigenvalue weighted by molar-refractivity contribution is 6.23. The van der Waals surface area contributed by atoms with Crippen molar-refractivity contribution < 1.29 is 0 Å². The van der Waals surface area contributed by atoms with Gasteiger partial charge in [-0.2, -0.15) is 0 Å². The fourth-order valence-electron chi connectivity index (χ4n) is 0.993. The van der Waals surface area contributed by atoms with Gasteiger partial charge < -0.3 is 0 Å². The molecular weight excluding hydrogens is 156 g/mol. The van der Waals surface area contributed by atoms with Crippen molar-refractivity contribution in [1.82, 2.24) is 0 Å². The molecule has 1 aromatic rings. The van der Waals surface area contributed by atoms with Crippen LogP contribution in [0.1, 0.15) is 19.4 Å². The van der Waals surface area contributed by atoms with E-state index in [-0.39, 0.29) is 4.87 Å². The van der Waals surface area contributed by atoms with Gasteiger partial charge in [-0.3, -0.25) is 0 Å². The summed E-state index contributed by atoms with van der Waals surface area (Å²) < 4.78 is 0. The lowest BCUT2D eigenvalue weighted by Crippen LogP contribution is -2.13. The lowest BCUT2D eigenvalue weighted by atomic mass is 10.0. The molecule has 0 bridgehead atoms. The molecule has 0 aliphatic heterocycles. The van der Waals surface area contributed by atoms with Crippen molar-refractivity contribution in [3.63, 3.8) is 0 Å². The quantitative estimate of drug-likeness (QED) is 0.594. The van der Waals surface area contributed by atoms with E-state index in [9.17, 15) is 0 Å². The van der Waals surface area contributed by atoms with Crippen LogP contribution in [0.4, 0.5) is 0 Å². The number of alkyl halides is 1. The molecule has 1 radical (unpaired) electrons. The third-order valence-electron chi connectivity index (χ3n) is 1.38. The van der Waals surface area contributed by atoms with Crippen molar-refractivity contribution in [3.05, 3.63) is 35.9 Å². The normalized spacial score (nSPS) is 11.5. The monoisotopic (exact) mass is 167 g/mol. The van der Waals surface area contributed by atoms with E-state index in [1.807, 2.05) is 38.1 Å². The zero-order chi connectivity index (χ0) is 8.32. The number of hydrogen-bond acceptors (Lipinski definition) is 0. The molecule has 0 spiro atoms. The summed E-state index contributed by atoms with van der Waals surface area (Å²) in [6.07, 6.45) is 0.870. The van der Waals surface area contributed by atoms with Gasteiger partial charge in [-0.1, -0.05) is 24.3 Å². The molecule has 1 aromatic carbocycles. The SMILES string of the molecule is CC(C)(Cl)Cc1[c]cccc1. The Balaban J connectivity index is 2.66. The molecule has 0 aliphatic rings. The van der Waals surface area contributed by atoms with Crippen LogP contribution in [0, 0.1) is 6.07 Å². The molecule has 0 amide bonds. The van der Waals surface area contributed by atoms with Crippen molar-refractivity contribution in [2.75, 3.05) is 0 Å². The number of benzene rings is 1. The molecule has 0 fully saturated rings. The Morgan fingerprint density at radius 1 is 1.45 bits per heavy atom. The molecule has 0 nitrogen and oxygen atoms in total. The Bertz CT molecular complexity index is 208. The van der Waals surface area contributed by atoms with E-state index >= 15 is 0 Å². The second kappa shape index (κ2) is 3.27. The van der Waals surface area contributed by atoms with Gasteiger partial charge in [0, 0.05) is 4.87 Å². The summed E-state index contributed by atoms with van der Waals surface area (Å²) in [4.78, 5) is -0.155. The molecule has 0 aliphatic carbocycles. The van der Waals surface area contributed by atoms with Crippen molar-refractivity contribution in [1.29, 1.82) is 0 Å². The Morgan fingerprint density at radius 2 is 2.18 bits per heavy atom. The molecule has 0 heterocycles. The van der Waals surface area contributed by atoms with E-state index in [2.05, 4.69) is 6.07 Å². The average molecular weight is 168 g/mol. The largest absolute Gasteiger partial charge is 0.120 e. The first kappa shape index (κ1) is 8.61. The first-order chi connectivity index (χ1) is 5.08. The summed E-state index contributed by atoms with van der Waals surface area (Å²) in [5.41, 5.74) is 1.17. The molecular formula is C10H12Cl. The molecule has 0 saturated heterocycles. The van der Waals surface area contributed by atoms with E-state index in [1.54, 1.807) is 0 Å². The summed E-state index contributed by atoms with van der Waals surface area (Å²) >= 11 is 6.05. The highest BCUT2D eigenvalue weighted by atomic mass is 35.5. The van der Waals surface area contributed by atoms with Gasteiger partial charge in [0.25, 0.3) is 0 Å². The molecule has 59 valence electrons. The number of hydrogen-bond donors (Lipinski definition) is 0. The Morgan fingerprint density at radius 3 is 2.64 bits per heavy atom. The van der Waals surface area contributed by atoms with Crippen molar-refractivity contribution >= 4 is 11.6 Å². The Hall–Kier alpha value is -0.490. The van der Waals surface area contributed by atoms with Crippen molar-refractivity contribution in [2.45, 2.75) is 25.1 Å². The lowest BCUT2D eigenvalue weighted by Gasteiger charge is -2.14. The summed E-state index contributed by atoms with van der Waals surface area (Å²) in [7, 11) is 0. The number of halogens is 1.